The summed E-state index contributed by atoms with van der Waals surface area (Å²) in [4.78, 5) is 3.87. The highest BCUT2D eigenvalue weighted by atomic mass is 19.1. The van der Waals surface area contributed by atoms with Crippen LogP contribution in [0.15, 0.2) is 18.5 Å². The highest BCUT2D eigenvalue weighted by Crippen LogP contribution is 2.31. The number of halogens is 1. The fourth-order valence-corrected chi connectivity index (χ4v) is 3.24. The zero-order valence-electron chi connectivity index (χ0n) is 12.6. The highest BCUT2D eigenvalue weighted by molar-refractivity contribution is 5.17. The van der Waals surface area contributed by atoms with Crippen molar-refractivity contribution in [3.63, 3.8) is 0 Å². The van der Waals surface area contributed by atoms with Crippen LogP contribution >= 0.6 is 0 Å². The Balaban J connectivity index is 2.04. The maximum absolute atomic E-state index is 14.0. The van der Waals surface area contributed by atoms with Gasteiger partial charge in [-0.3, -0.25) is 4.98 Å². The van der Waals surface area contributed by atoms with Crippen molar-refractivity contribution in [2.75, 3.05) is 6.54 Å². The number of hydrogen-bond donors (Lipinski definition) is 1. The largest absolute Gasteiger partial charge is 0.310 e. The molecule has 2 nitrogen and oxygen atoms in total. The van der Waals surface area contributed by atoms with Gasteiger partial charge in [0.2, 0.25) is 0 Å². The topological polar surface area (TPSA) is 24.9 Å². The molecule has 1 saturated carbocycles. The molecule has 0 aliphatic heterocycles. The molecule has 0 saturated heterocycles. The summed E-state index contributed by atoms with van der Waals surface area (Å²) in [5.74, 6) is 0.564. The second-order valence-electron chi connectivity index (χ2n) is 6.00. The molecule has 1 N–H and O–H groups in total. The fourth-order valence-electron chi connectivity index (χ4n) is 3.24. The van der Waals surface area contributed by atoms with Crippen LogP contribution in [-0.4, -0.2) is 11.5 Å². The number of nitrogens with one attached hydrogen (secondary N) is 1. The van der Waals surface area contributed by atoms with Gasteiger partial charge in [-0.25, -0.2) is 4.39 Å². The van der Waals surface area contributed by atoms with E-state index < -0.39 is 0 Å². The van der Waals surface area contributed by atoms with Crippen LogP contribution in [0.1, 0.15) is 69.9 Å². The molecule has 1 aromatic rings. The van der Waals surface area contributed by atoms with E-state index in [-0.39, 0.29) is 11.9 Å². The van der Waals surface area contributed by atoms with Crippen molar-refractivity contribution in [3.05, 3.63) is 29.8 Å². The minimum Gasteiger partial charge on any atom is -0.310 e. The third-order valence-electron chi connectivity index (χ3n) is 4.36. The van der Waals surface area contributed by atoms with Gasteiger partial charge >= 0.3 is 0 Å². The van der Waals surface area contributed by atoms with Gasteiger partial charge in [0.25, 0.3) is 0 Å². The fraction of sp³-hybridized carbons (Fsp3) is 0.706. The van der Waals surface area contributed by atoms with E-state index in [1.165, 1.54) is 44.7 Å². The first kappa shape index (κ1) is 15.4. The van der Waals surface area contributed by atoms with Crippen LogP contribution in [0.4, 0.5) is 4.39 Å². The minimum absolute atomic E-state index is 0.140. The van der Waals surface area contributed by atoms with Crippen LogP contribution in [0.2, 0.25) is 0 Å². The molecule has 1 heterocycles. The zero-order valence-corrected chi connectivity index (χ0v) is 12.6. The molecule has 20 heavy (non-hydrogen) atoms. The molecule has 0 amide bonds. The van der Waals surface area contributed by atoms with Gasteiger partial charge in [-0.15, -0.1) is 0 Å². The van der Waals surface area contributed by atoms with Crippen molar-refractivity contribution in [1.82, 2.24) is 10.3 Å². The number of hydrogen-bond acceptors (Lipinski definition) is 2. The molecule has 1 atom stereocenters. The lowest BCUT2D eigenvalue weighted by Gasteiger charge is -2.24. The lowest BCUT2D eigenvalue weighted by atomic mass is 9.89. The molecule has 1 unspecified atom stereocenters. The van der Waals surface area contributed by atoms with E-state index >= 15 is 0 Å². The van der Waals surface area contributed by atoms with Gasteiger partial charge < -0.3 is 5.32 Å². The summed E-state index contributed by atoms with van der Waals surface area (Å²) in [6, 6.07) is 1.97. The third-order valence-corrected chi connectivity index (χ3v) is 4.36. The van der Waals surface area contributed by atoms with E-state index in [2.05, 4.69) is 17.2 Å². The summed E-state index contributed by atoms with van der Waals surface area (Å²) in [5, 5.41) is 3.53. The normalized spacial score (nSPS) is 18.7. The van der Waals surface area contributed by atoms with Gasteiger partial charge in [-0.1, -0.05) is 45.4 Å². The summed E-state index contributed by atoms with van der Waals surface area (Å²) in [7, 11) is 0. The Bertz CT molecular complexity index is 386. The molecule has 1 aliphatic carbocycles. The van der Waals surface area contributed by atoms with Crippen molar-refractivity contribution < 1.29 is 4.39 Å². The van der Waals surface area contributed by atoms with E-state index in [4.69, 9.17) is 0 Å². The third kappa shape index (κ3) is 4.55. The van der Waals surface area contributed by atoms with Gasteiger partial charge in [-0.05, 0) is 31.4 Å². The lowest BCUT2D eigenvalue weighted by Crippen LogP contribution is -2.25. The molecule has 1 aromatic heterocycles. The summed E-state index contributed by atoms with van der Waals surface area (Å²) in [6.45, 7) is 3.10. The van der Waals surface area contributed by atoms with Crippen LogP contribution < -0.4 is 5.32 Å². The molecule has 2 rings (SSSR count). The molecule has 112 valence electrons. The van der Waals surface area contributed by atoms with Crippen LogP contribution in [0.3, 0.4) is 0 Å². The molecule has 1 aliphatic rings. The monoisotopic (exact) mass is 278 g/mol. The Kier molecular flexibility index (Phi) is 6.44. The maximum Gasteiger partial charge on any atom is 0.146 e. The van der Waals surface area contributed by atoms with E-state index in [0.717, 1.165) is 30.9 Å². The number of nitrogens with zero attached hydrogens (tertiary/aromatic N) is 1. The van der Waals surface area contributed by atoms with Crippen molar-refractivity contribution in [2.45, 2.75) is 64.3 Å². The van der Waals surface area contributed by atoms with Crippen molar-refractivity contribution in [3.8, 4) is 0 Å². The van der Waals surface area contributed by atoms with Crippen molar-refractivity contribution >= 4 is 0 Å². The zero-order chi connectivity index (χ0) is 14.2. The molecule has 0 spiro atoms. The predicted molar refractivity (Wildman–Crippen MR) is 81.0 cm³/mol. The highest BCUT2D eigenvalue weighted by Gasteiger charge is 2.21. The van der Waals surface area contributed by atoms with Crippen LogP contribution in [0.5, 0.6) is 0 Å². The summed E-state index contributed by atoms with van der Waals surface area (Å²) < 4.78 is 14.0. The first-order valence-corrected chi connectivity index (χ1v) is 8.14. The molecule has 0 radical (unpaired) electrons. The van der Waals surface area contributed by atoms with Gasteiger partial charge in [0, 0.05) is 17.8 Å². The quantitative estimate of drug-likeness (QED) is 0.768. The van der Waals surface area contributed by atoms with Gasteiger partial charge in [0.05, 0.1) is 6.20 Å². The SMILES string of the molecule is CCCNC(CC1CCCCCC1)c1ccncc1F. The average Bonchev–Trinajstić information content (AvgIpc) is 2.73. The van der Waals surface area contributed by atoms with E-state index in [1.54, 1.807) is 6.20 Å². The Morgan fingerprint density at radius 1 is 1.30 bits per heavy atom. The lowest BCUT2D eigenvalue weighted by molar-refractivity contribution is 0.349. The van der Waals surface area contributed by atoms with Crippen LogP contribution in [0.25, 0.3) is 0 Å². The summed E-state index contributed by atoms with van der Waals surface area (Å²) >= 11 is 0. The molecular weight excluding hydrogens is 251 g/mol. The standard InChI is InChI=1S/C17H27FN2/c1-2-10-20-17(15-9-11-19-13-16(15)18)12-14-7-5-3-4-6-8-14/h9,11,13-14,17,20H,2-8,10,12H2,1H3. The Morgan fingerprint density at radius 2 is 2.05 bits per heavy atom. The van der Waals surface area contributed by atoms with E-state index in [1.807, 2.05) is 6.07 Å². The van der Waals surface area contributed by atoms with Gasteiger partial charge in [0.1, 0.15) is 5.82 Å². The Morgan fingerprint density at radius 3 is 2.70 bits per heavy atom. The molecule has 1 fully saturated rings. The second-order valence-corrected chi connectivity index (χ2v) is 6.00. The molecule has 3 heteroatoms. The first-order chi connectivity index (χ1) is 9.81. The average molecular weight is 278 g/mol. The van der Waals surface area contributed by atoms with Gasteiger partial charge in [0.15, 0.2) is 0 Å². The van der Waals surface area contributed by atoms with Crippen molar-refractivity contribution in [2.24, 2.45) is 5.92 Å². The second kappa shape index (κ2) is 8.35. The molecule has 0 aromatic carbocycles. The Hall–Kier alpha value is -0.960. The van der Waals surface area contributed by atoms with Gasteiger partial charge in [-0.2, -0.15) is 0 Å². The number of rotatable bonds is 6. The smallest absolute Gasteiger partial charge is 0.146 e. The van der Waals surface area contributed by atoms with Crippen LogP contribution in [-0.2, 0) is 0 Å². The van der Waals surface area contributed by atoms with E-state index in [9.17, 15) is 4.39 Å². The predicted octanol–water partition coefficient (Wildman–Crippen LogP) is 4.62. The van der Waals surface area contributed by atoms with Crippen molar-refractivity contribution in [1.29, 1.82) is 0 Å². The molecular formula is C17H27FN2. The van der Waals surface area contributed by atoms with Crippen LogP contribution in [0, 0.1) is 11.7 Å². The maximum atomic E-state index is 14.0. The first-order valence-electron chi connectivity index (χ1n) is 8.14. The van der Waals surface area contributed by atoms with E-state index in [0.29, 0.717) is 0 Å². The summed E-state index contributed by atoms with van der Waals surface area (Å²) in [6.07, 6.45) is 13.2. The number of aromatic nitrogens is 1. The summed E-state index contributed by atoms with van der Waals surface area (Å²) in [5.41, 5.74) is 0.790. The minimum atomic E-state index is -0.172. The Labute approximate surface area is 122 Å². The number of pyridine rings is 1. The molecule has 0 bridgehead atoms.